The van der Waals surface area contributed by atoms with Crippen LogP contribution in [-0.4, -0.2) is 22.4 Å². The average molecular weight is 443 g/mol. The Morgan fingerprint density at radius 2 is 1.71 bits per heavy atom. The largest absolute Gasteiger partial charge is 0.446 e. The minimum atomic E-state index is -4.51. The number of thioether (sulfide) groups is 1. The summed E-state index contributed by atoms with van der Waals surface area (Å²) < 4.78 is 38.3. The Bertz CT molecular complexity index is 991. The number of carbonyl (C=O) groups excluding carboxylic acids is 2. The van der Waals surface area contributed by atoms with Gasteiger partial charge in [0.2, 0.25) is 0 Å². The summed E-state index contributed by atoms with van der Waals surface area (Å²) in [4.78, 5) is 26.1. The Kier molecular flexibility index (Phi) is 5.78. The van der Waals surface area contributed by atoms with Crippen LogP contribution in [0.2, 0.25) is 5.02 Å². The fourth-order valence-electron chi connectivity index (χ4n) is 2.46. The minimum Gasteiger partial charge on any atom is -0.298 e. The lowest BCUT2D eigenvalue weighted by atomic mass is 10.1. The summed E-state index contributed by atoms with van der Waals surface area (Å²) in [6.45, 7) is 0. The van der Waals surface area contributed by atoms with Gasteiger partial charge in [-0.25, -0.2) is 0 Å². The SMILES string of the molecule is O=C1NC(=S)N(c2ccc(Cl)cc2)C(=O)/C1=C\c1ccccc1SC(F)(F)F. The van der Waals surface area contributed by atoms with E-state index >= 15 is 0 Å². The Morgan fingerprint density at radius 3 is 2.36 bits per heavy atom. The van der Waals surface area contributed by atoms with Crippen LogP contribution in [0.1, 0.15) is 5.56 Å². The van der Waals surface area contributed by atoms with E-state index in [0.29, 0.717) is 10.7 Å². The fraction of sp³-hybridized carbons (Fsp3) is 0.0556. The number of carbonyl (C=O) groups is 2. The molecule has 1 N–H and O–H groups in total. The molecule has 28 heavy (non-hydrogen) atoms. The Hall–Kier alpha value is -2.36. The predicted molar refractivity (Wildman–Crippen MR) is 106 cm³/mol. The van der Waals surface area contributed by atoms with Crippen LogP contribution in [0.3, 0.4) is 0 Å². The van der Waals surface area contributed by atoms with Crippen molar-refractivity contribution in [1.29, 1.82) is 0 Å². The number of halogens is 4. The standard InChI is InChI=1S/C18H10ClF3N2O2S2/c19-11-5-7-12(8-6-11)24-16(26)13(15(25)23-17(24)27)9-10-3-1-2-4-14(10)28-18(20,21)22/h1-9H,(H,23,25,27)/b13-9-. The first-order chi connectivity index (χ1) is 13.2. The second kappa shape index (κ2) is 7.94. The van der Waals surface area contributed by atoms with Gasteiger partial charge < -0.3 is 0 Å². The fourth-order valence-corrected chi connectivity index (χ4v) is 3.50. The predicted octanol–water partition coefficient (Wildman–Crippen LogP) is 4.78. The van der Waals surface area contributed by atoms with E-state index in [0.717, 1.165) is 11.0 Å². The second-order valence-corrected chi connectivity index (χ2v) is 7.45. The highest BCUT2D eigenvalue weighted by Crippen LogP contribution is 2.39. The Labute approximate surface area is 172 Å². The molecule has 0 atom stereocenters. The first-order valence-corrected chi connectivity index (χ1v) is 9.28. The highest BCUT2D eigenvalue weighted by molar-refractivity contribution is 8.00. The van der Waals surface area contributed by atoms with E-state index < -0.39 is 17.3 Å². The van der Waals surface area contributed by atoms with Crippen LogP contribution in [0.15, 0.2) is 59.0 Å². The van der Waals surface area contributed by atoms with Gasteiger partial charge in [0, 0.05) is 9.92 Å². The molecule has 1 aliphatic heterocycles. The third-order valence-corrected chi connectivity index (χ3v) is 4.99. The van der Waals surface area contributed by atoms with E-state index in [1.165, 1.54) is 36.4 Å². The number of nitrogens with zero attached hydrogens (tertiary/aromatic N) is 1. The number of benzene rings is 2. The third-order valence-electron chi connectivity index (χ3n) is 3.63. The molecular weight excluding hydrogens is 433 g/mol. The van der Waals surface area contributed by atoms with E-state index in [1.807, 2.05) is 0 Å². The van der Waals surface area contributed by atoms with Crippen molar-refractivity contribution in [3.05, 3.63) is 64.7 Å². The van der Waals surface area contributed by atoms with Crippen LogP contribution in [0.5, 0.6) is 0 Å². The van der Waals surface area contributed by atoms with Gasteiger partial charge in [-0.3, -0.25) is 19.8 Å². The molecule has 0 bridgehead atoms. The lowest BCUT2D eigenvalue weighted by Crippen LogP contribution is -2.54. The Balaban J connectivity index is 2.02. The van der Waals surface area contributed by atoms with Gasteiger partial charge in [0.1, 0.15) is 5.57 Å². The van der Waals surface area contributed by atoms with Gasteiger partial charge in [-0.1, -0.05) is 29.8 Å². The minimum absolute atomic E-state index is 0.0900. The zero-order valence-corrected chi connectivity index (χ0v) is 16.2. The van der Waals surface area contributed by atoms with Crippen LogP contribution in [0, 0.1) is 0 Å². The molecular formula is C18H10ClF3N2O2S2. The molecule has 0 spiro atoms. The van der Waals surface area contributed by atoms with E-state index in [-0.39, 0.29) is 32.9 Å². The number of thiocarbonyl (C=S) groups is 1. The van der Waals surface area contributed by atoms with Gasteiger partial charge >= 0.3 is 5.51 Å². The van der Waals surface area contributed by atoms with Crippen molar-refractivity contribution in [2.75, 3.05) is 4.90 Å². The van der Waals surface area contributed by atoms with Crippen LogP contribution in [0.25, 0.3) is 6.08 Å². The van der Waals surface area contributed by atoms with Crippen molar-refractivity contribution in [3.63, 3.8) is 0 Å². The van der Waals surface area contributed by atoms with Gasteiger partial charge in [0.15, 0.2) is 5.11 Å². The van der Waals surface area contributed by atoms with E-state index in [1.54, 1.807) is 12.1 Å². The van der Waals surface area contributed by atoms with Crippen LogP contribution in [-0.2, 0) is 9.59 Å². The highest BCUT2D eigenvalue weighted by Gasteiger charge is 2.35. The topological polar surface area (TPSA) is 49.4 Å². The molecule has 2 amide bonds. The number of amides is 2. The van der Waals surface area contributed by atoms with Gasteiger partial charge in [0.25, 0.3) is 11.8 Å². The van der Waals surface area contributed by atoms with Crippen LogP contribution < -0.4 is 10.2 Å². The molecule has 4 nitrogen and oxygen atoms in total. The van der Waals surface area contributed by atoms with Gasteiger partial charge in [-0.05, 0) is 66.0 Å². The smallest absolute Gasteiger partial charge is 0.298 e. The van der Waals surface area contributed by atoms with Crippen LogP contribution >= 0.6 is 35.6 Å². The van der Waals surface area contributed by atoms with Gasteiger partial charge in [0.05, 0.1) is 5.69 Å². The molecule has 1 fully saturated rings. The first-order valence-electron chi connectivity index (χ1n) is 7.67. The maximum Gasteiger partial charge on any atom is 0.446 e. The highest BCUT2D eigenvalue weighted by atomic mass is 35.5. The second-order valence-electron chi connectivity index (χ2n) is 5.52. The average Bonchev–Trinajstić information content (AvgIpc) is 2.60. The summed E-state index contributed by atoms with van der Waals surface area (Å²) >= 11 is 10.6. The molecule has 2 aromatic carbocycles. The number of hydrogen-bond acceptors (Lipinski definition) is 4. The molecule has 0 saturated carbocycles. The quantitative estimate of drug-likeness (QED) is 0.321. The molecule has 1 aliphatic rings. The molecule has 2 aromatic rings. The molecule has 10 heteroatoms. The maximum absolute atomic E-state index is 12.9. The van der Waals surface area contributed by atoms with Crippen molar-refractivity contribution >= 4 is 64.3 Å². The summed E-state index contributed by atoms with van der Waals surface area (Å²) in [5.74, 6) is -1.53. The maximum atomic E-state index is 12.9. The lowest BCUT2D eigenvalue weighted by molar-refractivity contribution is -0.122. The van der Waals surface area contributed by atoms with E-state index in [4.69, 9.17) is 23.8 Å². The van der Waals surface area contributed by atoms with Crippen molar-refractivity contribution in [1.82, 2.24) is 5.32 Å². The number of rotatable bonds is 3. The molecule has 0 aromatic heterocycles. The van der Waals surface area contributed by atoms with E-state index in [2.05, 4.69) is 5.32 Å². The van der Waals surface area contributed by atoms with Crippen molar-refractivity contribution in [2.45, 2.75) is 10.4 Å². The molecule has 144 valence electrons. The van der Waals surface area contributed by atoms with Gasteiger partial charge in [-0.15, -0.1) is 0 Å². The summed E-state index contributed by atoms with van der Waals surface area (Å²) in [6.07, 6.45) is 1.12. The van der Waals surface area contributed by atoms with Crippen molar-refractivity contribution in [2.24, 2.45) is 0 Å². The number of hydrogen-bond donors (Lipinski definition) is 1. The molecule has 3 rings (SSSR count). The zero-order chi connectivity index (χ0) is 20.5. The van der Waals surface area contributed by atoms with Crippen LogP contribution in [0.4, 0.5) is 18.9 Å². The third kappa shape index (κ3) is 4.54. The number of anilines is 1. The normalized spacial score (nSPS) is 16.5. The summed E-state index contributed by atoms with van der Waals surface area (Å²) in [5.41, 5.74) is -4.39. The molecule has 1 saturated heterocycles. The van der Waals surface area contributed by atoms with Gasteiger partial charge in [-0.2, -0.15) is 13.2 Å². The summed E-state index contributed by atoms with van der Waals surface area (Å²) in [6, 6.07) is 11.8. The van der Waals surface area contributed by atoms with E-state index in [9.17, 15) is 22.8 Å². The summed E-state index contributed by atoms with van der Waals surface area (Å²) in [5, 5.41) is 2.69. The van der Waals surface area contributed by atoms with Crippen molar-refractivity contribution < 1.29 is 22.8 Å². The lowest BCUT2D eigenvalue weighted by Gasteiger charge is -2.29. The van der Waals surface area contributed by atoms with Crippen molar-refractivity contribution in [3.8, 4) is 0 Å². The molecule has 0 radical (unpaired) electrons. The first kappa shape index (κ1) is 20.4. The summed E-state index contributed by atoms with van der Waals surface area (Å²) in [7, 11) is 0. The number of alkyl halides is 3. The number of nitrogens with one attached hydrogen (secondary N) is 1. The Morgan fingerprint density at radius 1 is 1.07 bits per heavy atom. The zero-order valence-electron chi connectivity index (χ0n) is 13.8. The molecule has 1 heterocycles. The monoisotopic (exact) mass is 442 g/mol. The molecule has 0 unspecified atom stereocenters. The molecule has 0 aliphatic carbocycles.